The van der Waals surface area contributed by atoms with Crippen LogP contribution in [0.15, 0.2) is 12.3 Å². The number of hydrogen-bond donors (Lipinski definition) is 2. The van der Waals surface area contributed by atoms with Crippen molar-refractivity contribution in [2.75, 3.05) is 13.1 Å². The Morgan fingerprint density at radius 2 is 2.36 bits per heavy atom. The van der Waals surface area contributed by atoms with Gasteiger partial charge in [-0.1, -0.05) is 6.92 Å². The fraction of sp³-hybridized carbons (Fsp3) is 0.700. The monoisotopic (exact) mass is 197 g/mol. The van der Waals surface area contributed by atoms with Crippen LogP contribution < -0.4 is 5.32 Å². The van der Waals surface area contributed by atoms with E-state index in [1.165, 1.54) is 0 Å². The van der Waals surface area contributed by atoms with Crippen LogP contribution in [0.2, 0.25) is 0 Å². The van der Waals surface area contributed by atoms with Crippen LogP contribution in [0.5, 0.6) is 0 Å². The zero-order valence-electron chi connectivity index (χ0n) is 9.12. The molecule has 0 saturated carbocycles. The van der Waals surface area contributed by atoms with Crippen molar-refractivity contribution in [3.8, 4) is 0 Å². The molecule has 0 aliphatic heterocycles. The Hall–Kier alpha value is -0.870. The lowest BCUT2D eigenvalue weighted by atomic mass is 10.0. The Morgan fingerprint density at radius 1 is 1.64 bits per heavy atom. The summed E-state index contributed by atoms with van der Waals surface area (Å²) in [4.78, 5) is 0. The Labute approximate surface area is 84.9 Å². The van der Waals surface area contributed by atoms with Crippen LogP contribution in [-0.4, -0.2) is 28.0 Å². The molecule has 0 amide bonds. The highest BCUT2D eigenvalue weighted by molar-refractivity contribution is 5.09. The van der Waals surface area contributed by atoms with E-state index in [-0.39, 0.29) is 0 Å². The topological polar surface area (TPSA) is 50.1 Å². The minimum Gasteiger partial charge on any atom is -0.382 e. The predicted octanol–water partition coefficient (Wildman–Crippen LogP) is 0.627. The van der Waals surface area contributed by atoms with Crippen molar-refractivity contribution in [1.82, 2.24) is 15.1 Å². The van der Waals surface area contributed by atoms with Gasteiger partial charge in [0.2, 0.25) is 0 Å². The molecule has 0 radical (unpaired) electrons. The van der Waals surface area contributed by atoms with Crippen LogP contribution in [0.25, 0.3) is 0 Å². The molecule has 80 valence electrons. The van der Waals surface area contributed by atoms with Crippen molar-refractivity contribution < 1.29 is 5.11 Å². The van der Waals surface area contributed by atoms with E-state index in [2.05, 4.69) is 17.3 Å². The molecule has 1 rings (SSSR count). The Balaban J connectivity index is 2.56. The highest BCUT2D eigenvalue weighted by atomic mass is 16.3. The quantitative estimate of drug-likeness (QED) is 0.681. The summed E-state index contributed by atoms with van der Waals surface area (Å²) in [6, 6.07) is 1.84. The Bertz CT molecular complexity index is 281. The van der Waals surface area contributed by atoms with Gasteiger partial charge in [0.05, 0.1) is 5.69 Å². The maximum Gasteiger partial charge on any atom is 0.118 e. The zero-order valence-corrected chi connectivity index (χ0v) is 9.12. The van der Waals surface area contributed by atoms with Gasteiger partial charge in [-0.25, -0.2) is 0 Å². The van der Waals surface area contributed by atoms with E-state index in [1.54, 1.807) is 11.6 Å². The molecule has 4 heteroatoms. The molecule has 0 saturated heterocycles. The summed E-state index contributed by atoms with van der Waals surface area (Å²) in [6.07, 6.45) is 2.90. The summed E-state index contributed by atoms with van der Waals surface area (Å²) in [5.41, 5.74) is -0.167. The predicted molar refractivity (Wildman–Crippen MR) is 55.9 cm³/mol. The van der Waals surface area contributed by atoms with Crippen molar-refractivity contribution >= 4 is 0 Å². The summed E-state index contributed by atoms with van der Waals surface area (Å²) in [7, 11) is 1.85. The van der Waals surface area contributed by atoms with Gasteiger partial charge < -0.3 is 10.4 Å². The van der Waals surface area contributed by atoms with Crippen molar-refractivity contribution in [2.24, 2.45) is 7.05 Å². The molecule has 1 heterocycles. The van der Waals surface area contributed by atoms with E-state index in [9.17, 15) is 5.11 Å². The third kappa shape index (κ3) is 2.82. The molecule has 1 aromatic rings. The van der Waals surface area contributed by atoms with Crippen LogP contribution in [0.1, 0.15) is 26.0 Å². The van der Waals surface area contributed by atoms with Crippen LogP contribution in [0.3, 0.4) is 0 Å². The maximum atomic E-state index is 10.1. The summed E-state index contributed by atoms with van der Waals surface area (Å²) >= 11 is 0. The molecule has 4 nitrogen and oxygen atoms in total. The standard InChI is InChI=1S/C10H19N3O/c1-4-6-11-8-10(2,14)9-5-7-13(3)12-9/h5,7,11,14H,4,6,8H2,1-3H3. The fourth-order valence-electron chi connectivity index (χ4n) is 1.30. The average molecular weight is 197 g/mol. The van der Waals surface area contributed by atoms with E-state index < -0.39 is 5.60 Å². The molecule has 0 aliphatic carbocycles. The minimum absolute atomic E-state index is 0.540. The van der Waals surface area contributed by atoms with Gasteiger partial charge in [0, 0.05) is 19.8 Å². The number of nitrogens with zero attached hydrogens (tertiary/aromatic N) is 2. The molecule has 2 N–H and O–H groups in total. The summed E-state index contributed by atoms with van der Waals surface area (Å²) in [5.74, 6) is 0. The van der Waals surface area contributed by atoms with Crippen molar-refractivity contribution in [3.63, 3.8) is 0 Å². The molecule has 0 fully saturated rings. The number of rotatable bonds is 5. The molecule has 0 bridgehead atoms. The van der Waals surface area contributed by atoms with E-state index in [1.807, 2.05) is 19.3 Å². The smallest absolute Gasteiger partial charge is 0.118 e. The number of hydrogen-bond acceptors (Lipinski definition) is 3. The molecule has 0 aliphatic rings. The lowest BCUT2D eigenvalue weighted by Crippen LogP contribution is -2.36. The molecule has 0 spiro atoms. The van der Waals surface area contributed by atoms with E-state index in [0.717, 1.165) is 13.0 Å². The van der Waals surface area contributed by atoms with Gasteiger partial charge in [-0.3, -0.25) is 4.68 Å². The van der Waals surface area contributed by atoms with Crippen LogP contribution in [-0.2, 0) is 12.6 Å². The normalized spacial score (nSPS) is 15.4. The van der Waals surface area contributed by atoms with Crippen molar-refractivity contribution in [1.29, 1.82) is 0 Å². The molecule has 1 aromatic heterocycles. The second-order valence-corrected chi connectivity index (χ2v) is 3.83. The first-order chi connectivity index (χ1) is 6.56. The number of aromatic nitrogens is 2. The number of aryl methyl sites for hydroxylation is 1. The largest absolute Gasteiger partial charge is 0.382 e. The van der Waals surface area contributed by atoms with Gasteiger partial charge in [0.1, 0.15) is 5.60 Å². The summed E-state index contributed by atoms with van der Waals surface area (Å²) < 4.78 is 1.70. The first kappa shape index (κ1) is 11.2. The third-order valence-electron chi connectivity index (χ3n) is 2.16. The molecular formula is C10H19N3O. The molecule has 1 unspecified atom stereocenters. The molecule has 14 heavy (non-hydrogen) atoms. The summed E-state index contributed by atoms with van der Waals surface area (Å²) in [6.45, 7) is 5.33. The molecule has 1 atom stereocenters. The maximum absolute atomic E-state index is 10.1. The zero-order chi connectivity index (χ0) is 10.6. The van der Waals surface area contributed by atoms with Crippen LogP contribution in [0.4, 0.5) is 0 Å². The van der Waals surface area contributed by atoms with Gasteiger partial charge >= 0.3 is 0 Å². The first-order valence-electron chi connectivity index (χ1n) is 4.99. The SMILES string of the molecule is CCCNCC(C)(O)c1ccn(C)n1. The number of aliphatic hydroxyl groups is 1. The first-order valence-corrected chi connectivity index (χ1v) is 4.99. The minimum atomic E-state index is -0.879. The second kappa shape index (κ2) is 4.57. The lowest BCUT2D eigenvalue weighted by Gasteiger charge is -2.21. The Kier molecular flexibility index (Phi) is 3.66. The summed E-state index contributed by atoms with van der Waals surface area (Å²) in [5, 5.41) is 17.5. The van der Waals surface area contributed by atoms with Crippen molar-refractivity contribution in [2.45, 2.75) is 25.9 Å². The molecule has 0 aromatic carbocycles. The fourth-order valence-corrected chi connectivity index (χ4v) is 1.30. The van der Waals surface area contributed by atoms with Gasteiger partial charge in [-0.2, -0.15) is 5.10 Å². The Morgan fingerprint density at radius 3 is 2.86 bits per heavy atom. The van der Waals surface area contributed by atoms with E-state index >= 15 is 0 Å². The second-order valence-electron chi connectivity index (χ2n) is 3.83. The van der Waals surface area contributed by atoms with E-state index in [0.29, 0.717) is 12.2 Å². The van der Waals surface area contributed by atoms with Crippen molar-refractivity contribution in [3.05, 3.63) is 18.0 Å². The highest BCUT2D eigenvalue weighted by Crippen LogP contribution is 2.16. The number of nitrogens with one attached hydrogen (secondary N) is 1. The highest BCUT2D eigenvalue weighted by Gasteiger charge is 2.24. The van der Waals surface area contributed by atoms with Gasteiger partial charge in [-0.05, 0) is 26.0 Å². The van der Waals surface area contributed by atoms with E-state index in [4.69, 9.17) is 0 Å². The van der Waals surface area contributed by atoms with Gasteiger partial charge in [0.15, 0.2) is 0 Å². The van der Waals surface area contributed by atoms with Gasteiger partial charge in [-0.15, -0.1) is 0 Å². The third-order valence-corrected chi connectivity index (χ3v) is 2.16. The van der Waals surface area contributed by atoms with Crippen LogP contribution >= 0.6 is 0 Å². The average Bonchev–Trinajstić information content (AvgIpc) is 2.53. The molecular weight excluding hydrogens is 178 g/mol. The lowest BCUT2D eigenvalue weighted by molar-refractivity contribution is 0.0521. The van der Waals surface area contributed by atoms with Gasteiger partial charge in [0.25, 0.3) is 0 Å². The van der Waals surface area contributed by atoms with Crippen LogP contribution in [0, 0.1) is 0 Å².